The number of halogens is 6. The number of amides is 2. The van der Waals surface area contributed by atoms with Gasteiger partial charge in [-0.15, -0.1) is 0 Å². The highest BCUT2D eigenvalue weighted by Crippen LogP contribution is 2.26. The zero-order chi connectivity index (χ0) is 20.4. The van der Waals surface area contributed by atoms with Gasteiger partial charge >= 0.3 is 18.2 Å². The van der Waals surface area contributed by atoms with Crippen molar-refractivity contribution in [3.05, 3.63) is 0 Å². The standard InChI is InChI=1S/C12H16Cl6N2O6/c13-11(14,15)5-25-9(23)19-4-2-1-3-7(8(21)22)20-10(24)26-6-12(16,17)18/h7H,1-6H2,(H,19,23)(H,20,24)(H,21,22)/t7-/m0/s1. The number of hydrogen-bond acceptors (Lipinski definition) is 5. The molecule has 0 saturated carbocycles. The Morgan fingerprint density at radius 2 is 1.38 bits per heavy atom. The second-order valence-electron chi connectivity index (χ2n) is 4.84. The van der Waals surface area contributed by atoms with Gasteiger partial charge in [0.2, 0.25) is 7.59 Å². The average molecular weight is 497 g/mol. The lowest BCUT2D eigenvalue weighted by atomic mass is 10.1. The van der Waals surface area contributed by atoms with Crippen molar-refractivity contribution >= 4 is 87.8 Å². The number of carbonyl (C=O) groups is 3. The van der Waals surface area contributed by atoms with Gasteiger partial charge in [-0.25, -0.2) is 14.4 Å². The molecule has 0 spiro atoms. The molecule has 0 radical (unpaired) electrons. The molecule has 0 saturated heterocycles. The maximum Gasteiger partial charge on any atom is 0.407 e. The Labute approximate surface area is 179 Å². The lowest BCUT2D eigenvalue weighted by Crippen LogP contribution is -2.41. The van der Waals surface area contributed by atoms with Crippen molar-refractivity contribution in [2.75, 3.05) is 19.8 Å². The number of carboxylic acid groups (broad SMARTS) is 1. The molecular formula is C12H16Cl6N2O6. The summed E-state index contributed by atoms with van der Waals surface area (Å²) in [6.45, 7) is -0.746. The summed E-state index contributed by atoms with van der Waals surface area (Å²) in [4.78, 5) is 33.9. The average Bonchev–Trinajstić information content (AvgIpc) is 2.47. The first-order valence-electron chi connectivity index (χ1n) is 7.00. The summed E-state index contributed by atoms with van der Waals surface area (Å²) in [5.74, 6) is -1.26. The van der Waals surface area contributed by atoms with Gasteiger partial charge < -0.3 is 25.2 Å². The fourth-order valence-corrected chi connectivity index (χ4v) is 1.78. The first-order chi connectivity index (χ1) is 11.8. The topological polar surface area (TPSA) is 114 Å². The number of nitrogens with one attached hydrogen (secondary N) is 2. The zero-order valence-electron chi connectivity index (χ0n) is 13.1. The molecule has 2 amide bonds. The molecule has 26 heavy (non-hydrogen) atoms. The highest BCUT2D eigenvalue weighted by atomic mass is 35.6. The molecule has 1 atom stereocenters. The second-order valence-corrected chi connectivity index (χ2v) is 9.87. The fourth-order valence-electron chi connectivity index (χ4n) is 1.45. The summed E-state index contributed by atoms with van der Waals surface area (Å²) in [6.07, 6.45) is -0.941. The molecule has 0 aromatic carbocycles. The number of carbonyl (C=O) groups excluding carboxylic acids is 2. The van der Waals surface area contributed by atoms with E-state index in [2.05, 4.69) is 20.1 Å². The third-order valence-corrected chi connectivity index (χ3v) is 3.17. The van der Waals surface area contributed by atoms with Crippen LogP contribution in [0.1, 0.15) is 19.3 Å². The highest BCUT2D eigenvalue weighted by molar-refractivity contribution is 6.68. The Morgan fingerprint density at radius 3 is 1.85 bits per heavy atom. The van der Waals surface area contributed by atoms with Crippen molar-refractivity contribution in [3.63, 3.8) is 0 Å². The van der Waals surface area contributed by atoms with Crippen molar-refractivity contribution in [2.24, 2.45) is 0 Å². The summed E-state index contributed by atoms with van der Waals surface area (Å²) in [5, 5.41) is 13.6. The molecule has 0 aliphatic carbocycles. The van der Waals surface area contributed by atoms with E-state index in [0.717, 1.165) is 0 Å². The van der Waals surface area contributed by atoms with Crippen molar-refractivity contribution in [1.29, 1.82) is 0 Å². The van der Waals surface area contributed by atoms with Crippen molar-refractivity contribution in [1.82, 2.24) is 10.6 Å². The number of alkyl carbamates (subject to hydrolysis) is 2. The van der Waals surface area contributed by atoms with Crippen LogP contribution in [0, 0.1) is 0 Å². The minimum atomic E-state index is -1.80. The number of ether oxygens (including phenoxy) is 2. The molecule has 152 valence electrons. The van der Waals surface area contributed by atoms with E-state index in [1.807, 2.05) is 0 Å². The van der Waals surface area contributed by atoms with Crippen molar-refractivity contribution in [2.45, 2.75) is 32.9 Å². The molecule has 0 rings (SSSR count). The van der Waals surface area contributed by atoms with Gasteiger partial charge in [0.15, 0.2) is 0 Å². The minimum Gasteiger partial charge on any atom is -0.480 e. The maximum absolute atomic E-state index is 11.5. The highest BCUT2D eigenvalue weighted by Gasteiger charge is 2.25. The molecule has 0 bridgehead atoms. The largest absolute Gasteiger partial charge is 0.480 e. The monoisotopic (exact) mass is 494 g/mol. The van der Waals surface area contributed by atoms with Crippen LogP contribution in [0.25, 0.3) is 0 Å². The van der Waals surface area contributed by atoms with Gasteiger partial charge in [0.1, 0.15) is 19.3 Å². The molecule has 0 unspecified atom stereocenters. The summed E-state index contributed by atoms with van der Waals surface area (Å²) in [5.41, 5.74) is 0. The van der Waals surface area contributed by atoms with Gasteiger partial charge in [0.25, 0.3) is 0 Å². The van der Waals surface area contributed by atoms with E-state index < -0.39 is 45.0 Å². The smallest absolute Gasteiger partial charge is 0.407 e. The number of aliphatic carboxylic acids is 1. The number of unbranched alkanes of at least 4 members (excludes halogenated alkanes) is 1. The van der Waals surface area contributed by atoms with Gasteiger partial charge in [-0.3, -0.25) is 0 Å². The third kappa shape index (κ3) is 16.0. The van der Waals surface area contributed by atoms with Crippen LogP contribution < -0.4 is 10.6 Å². The summed E-state index contributed by atoms with van der Waals surface area (Å²) in [6, 6.07) is -1.20. The molecule has 0 fully saturated rings. The van der Waals surface area contributed by atoms with Crippen molar-refractivity contribution < 1.29 is 29.0 Å². The predicted molar refractivity (Wildman–Crippen MR) is 99.7 cm³/mol. The third-order valence-electron chi connectivity index (χ3n) is 2.51. The number of hydrogen-bond donors (Lipinski definition) is 3. The summed E-state index contributed by atoms with van der Waals surface area (Å²) < 4.78 is 5.71. The van der Waals surface area contributed by atoms with Crippen LogP contribution >= 0.6 is 69.6 Å². The van der Waals surface area contributed by atoms with E-state index in [9.17, 15) is 14.4 Å². The second kappa shape index (κ2) is 12.3. The van der Waals surface area contributed by atoms with E-state index in [-0.39, 0.29) is 13.0 Å². The SMILES string of the molecule is O=C(NCCCC[C@H](NC(=O)OCC(Cl)(Cl)Cl)C(=O)O)OCC(Cl)(Cl)Cl. The first-order valence-corrected chi connectivity index (χ1v) is 9.27. The minimum absolute atomic E-state index is 0.0864. The maximum atomic E-state index is 11.5. The Bertz CT molecular complexity index is 482. The first kappa shape index (κ1) is 25.8. The lowest BCUT2D eigenvalue weighted by molar-refractivity contribution is -0.139. The van der Waals surface area contributed by atoms with Gasteiger partial charge in [-0.05, 0) is 19.3 Å². The van der Waals surface area contributed by atoms with E-state index in [0.29, 0.717) is 12.8 Å². The van der Waals surface area contributed by atoms with Crippen LogP contribution in [-0.2, 0) is 14.3 Å². The number of rotatable bonds is 9. The summed E-state index contributed by atoms with van der Waals surface area (Å²) in [7, 11) is 0. The summed E-state index contributed by atoms with van der Waals surface area (Å²) >= 11 is 32.5. The van der Waals surface area contributed by atoms with Gasteiger partial charge in [0.05, 0.1) is 0 Å². The molecule has 0 aliphatic heterocycles. The van der Waals surface area contributed by atoms with E-state index >= 15 is 0 Å². The number of carboxylic acids is 1. The normalized spacial score (nSPS) is 12.8. The molecule has 14 heteroatoms. The molecule has 0 heterocycles. The molecule has 0 aromatic heterocycles. The van der Waals surface area contributed by atoms with E-state index in [1.165, 1.54) is 0 Å². The molecule has 3 N–H and O–H groups in total. The number of alkyl halides is 6. The molecule has 8 nitrogen and oxygen atoms in total. The van der Waals surface area contributed by atoms with Crippen LogP contribution in [0.4, 0.5) is 9.59 Å². The molecular weight excluding hydrogens is 481 g/mol. The van der Waals surface area contributed by atoms with Crippen LogP contribution in [-0.4, -0.2) is 56.6 Å². The van der Waals surface area contributed by atoms with Crippen molar-refractivity contribution in [3.8, 4) is 0 Å². The molecule has 0 aliphatic rings. The zero-order valence-corrected chi connectivity index (χ0v) is 17.6. The van der Waals surface area contributed by atoms with Crippen LogP contribution in [0.3, 0.4) is 0 Å². The lowest BCUT2D eigenvalue weighted by Gasteiger charge is -2.16. The Morgan fingerprint density at radius 1 is 0.885 bits per heavy atom. The van der Waals surface area contributed by atoms with Crippen LogP contribution in [0.15, 0.2) is 0 Å². The quantitative estimate of drug-likeness (QED) is 0.330. The predicted octanol–water partition coefficient (Wildman–Crippen LogP) is 3.80. The van der Waals surface area contributed by atoms with Crippen LogP contribution in [0.2, 0.25) is 0 Å². The molecule has 0 aromatic rings. The van der Waals surface area contributed by atoms with Gasteiger partial charge in [-0.1, -0.05) is 69.6 Å². The van der Waals surface area contributed by atoms with E-state index in [4.69, 9.17) is 74.7 Å². The Balaban J connectivity index is 4.02. The Kier molecular flexibility index (Phi) is 12.1. The van der Waals surface area contributed by atoms with E-state index in [1.54, 1.807) is 0 Å². The Hall–Kier alpha value is -0.250. The van der Waals surface area contributed by atoms with Gasteiger partial charge in [0, 0.05) is 6.54 Å². The van der Waals surface area contributed by atoms with Crippen LogP contribution in [0.5, 0.6) is 0 Å². The fraction of sp³-hybridized carbons (Fsp3) is 0.750. The van der Waals surface area contributed by atoms with Gasteiger partial charge in [-0.2, -0.15) is 0 Å².